The number of benzene rings is 1. The number of nitrogens with one attached hydrogen (secondary N) is 1. The summed E-state index contributed by atoms with van der Waals surface area (Å²) < 4.78 is 9.23. The molecule has 2 fully saturated rings. The number of carbonyl (C=O) groups excluding carboxylic acids is 2. The number of nitrogens with zero attached hydrogens (tertiary/aromatic N) is 5. The number of anilines is 1. The largest absolute Gasteiger partial charge is 0.383 e. The molecule has 2 aliphatic rings. The first-order valence-corrected chi connectivity index (χ1v) is 14.1. The topological polar surface area (TPSA) is 141 Å². The molecule has 1 saturated carbocycles. The zero-order valence-corrected chi connectivity index (χ0v) is 25.0. The zero-order chi connectivity index (χ0) is 30.3. The van der Waals surface area contributed by atoms with Crippen LogP contribution in [0.5, 0.6) is 0 Å². The van der Waals surface area contributed by atoms with Gasteiger partial charge in [-0.1, -0.05) is 23.4 Å². The highest BCUT2D eigenvalue weighted by Crippen LogP contribution is 2.39. The summed E-state index contributed by atoms with van der Waals surface area (Å²) in [5, 5.41) is 18.1. The highest BCUT2D eigenvalue weighted by atomic mass is 35.5. The molecule has 1 aliphatic carbocycles. The van der Waals surface area contributed by atoms with E-state index in [1.54, 1.807) is 23.7 Å². The predicted molar refractivity (Wildman–Crippen MR) is 159 cm³/mol. The Hall–Kier alpha value is -4.03. The number of aryl methyl sites for hydroxylation is 1. The van der Waals surface area contributed by atoms with Gasteiger partial charge in [0.05, 0.1) is 34.7 Å². The number of ether oxygens (including phenoxy) is 1. The van der Waals surface area contributed by atoms with Gasteiger partial charge in [0.25, 0.3) is 11.8 Å². The number of methoxy groups -OCH3 is 1. The van der Waals surface area contributed by atoms with Crippen molar-refractivity contribution in [1.29, 1.82) is 0 Å². The van der Waals surface area contributed by atoms with Gasteiger partial charge in [-0.25, -0.2) is 9.67 Å². The van der Waals surface area contributed by atoms with Crippen LogP contribution in [0.15, 0.2) is 12.1 Å². The Kier molecular flexibility index (Phi) is 7.95. The molecule has 2 aromatic heterocycles. The number of aromatic nitrogens is 4. The van der Waals surface area contributed by atoms with Gasteiger partial charge >= 0.3 is 0 Å². The van der Waals surface area contributed by atoms with Gasteiger partial charge in [-0.3, -0.25) is 9.59 Å². The minimum atomic E-state index is -1.31. The molecule has 0 bridgehead atoms. The fourth-order valence-electron chi connectivity index (χ4n) is 5.46. The highest BCUT2D eigenvalue weighted by molar-refractivity contribution is 6.32. The third-order valence-electron chi connectivity index (χ3n) is 7.41. The summed E-state index contributed by atoms with van der Waals surface area (Å²) >= 11 is 6.64. The van der Waals surface area contributed by atoms with Crippen molar-refractivity contribution in [1.82, 2.24) is 24.2 Å². The molecule has 220 valence electrons. The normalized spacial score (nSPS) is 18.4. The molecule has 0 spiro atoms. The number of rotatable bonds is 6. The highest BCUT2D eigenvalue weighted by Gasteiger charge is 2.38. The maximum absolute atomic E-state index is 13.0. The molecule has 3 heterocycles. The molecule has 5 rings (SSSR count). The number of fused-ring (bicyclic) bond motifs is 1. The number of likely N-dealkylation sites (tertiary alicyclic amines) is 1. The molecule has 0 radical (unpaired) electrons. The number of halogens is 1. The van der Waals surface area contributed by atoms with Gasteiger partial charge in [0, 0.05) is 32.3 Å². The fraction of sp³-hybridized carbons (Fsp3) is 0.467. The number of primary amides is 1. The van der Waals surface area contributed by atoms with E-state index in [1.807, 2.05) is 19.1 Å². The van der Waals surface area contributed by atoms with Crippen LogP contribution in [0.25, 0.3) is 11.0 Å². The van der Waals surface area contributed by atoms with Crippen LogP contribution in [0.2, 0.25) is 5.02 Å². The summed E-state index contributed by atoms with van der Waals surface area (Å²) in [6, 6.07) is 3.59. The molecule has 1 aromatic carbocycles. The van der Waals surface area contributed by atoms with Gasteiger partial charge in [0.1, 0.15) is 22.8 Å². The van der Waals surface area contributed by atoms with E-state index in [0.29, 0.717) is 28.9 Å². The number of aliphatic hydroxyl groups is 1. The Labute approximate surface area is 249 Å². The van der Waals surface area contributed by atoms with Crippen molar-refractivity contribution in [2.45, 2.75) is 63.8 Å². The van der Waals surface area contributed by atoms with E-state index < -0.39 is 17.4 Å². The van der Waals surface area contributed by atoms with Gasteiger partial charge < -0.3 is 30.4 Å². The van der Waals surface area contributed by atoms with Crippen LogP contribution < -0.4 is 11.1 Å². The van der Waals surface area contributed by atoms with Crippen molar-refractivity contribution in [3.8, 4) is 23.7 Å². The van der Waals surface area contributed by atoms with Crippen molar-refractivity contribution in [2.75, 3.05) is 32.6 Å². The molecular weight excluding hydrogens is 558 g/mol. The first-order chi connectivity index (χ1) is 19.9. The van der Waals surface area contributed by atoms with Crippen LogP contribution in [0.4, 0.5) is 5.82 Å². The molecule has 11 nitrogen and oxygen atoms in total. The Morgan fingerprint density at radius 2 is 2.00 bits per heavy atom. The lowest BCUT2D eigenvalue weighted by Gasteiger charge is -2.21. The fourth-order valence-corrected chi connectivity index (χ4v) is 5.66. The lowest BCUT2D eigenvalue weighted by Crippen LogP contribution is -2.37. The first-order valence-electron chi connectivity index (χ1n) is 13.8. The average Bonchev–Trinajstić information content (AvgIpc) is 3.42. The maximum Gasteiger partial charge on any atom is 0.298 e. The van der Waals surface area contributed by atoms with Gasteiger partial charge in [-0.2, -0.15) is 5.10 Å². The molecule has 4 N–H and O–H groups in total. The molecule has 12 heteroatoms. The lowest BCUT2D eigenvalue weighted by molar-refractivity contribution is -0.126. The van der Waals surface area contributed by atoms with E-state index in [-0.39, 0.29) is 36.5 Å². The van der Waals surface area contributed by atoms with E-state index in [0.717, 1.165) is 29.7 Å². The van der Waals surface area contributed by atoms with E-state index in [2.05, 4.69) is 38.7 Å². The molecule has 1 aliphatic heterocycles. The Morgan fingerprint density at radius 1 is 1.26 bits per heavy atom. The minimum Gasteiger partial charge on any atom is -0.383 e. The Balaban J connectivity index is 1.50. The van der Waals surface area contributed by atoms with Crippen molar-refractivity contribution >= 4 is 40.3 Å². The van der Waals surface area contributed by atoms with Gasteiger partial charge in [0.2, 0.25) is 0 Å². The smallest absolute Gasteiger partial charge is 0.298 e. The second-order valence-corrected chi connectivity index (χ2v) is 11.6. The van der Waals surface area contributed by atoms with E-state index in [4.69, 9.17) is 27.1 Å². The number of nitrogens with two attached hydrogens (primary N) is 1. The van der Waals surface area contributed by atoms with E-state index >= 15 is 0 Å². The minimum absolute atomic E-state index is 0.144. The number of imidazole rings is 1. The summed E-state index contributed by atoms with van der Waals surface area (Å²) in [6.07, 6.45) is 2.76. The van der Waals surface area contributed by atoms with Crippen LogP contribution in [-0.2, 0) is 9.53 Å². The summed E-state index contributed by atoms with van der Waals surface area (Å²) in [5.41, 5.74) is 7.16. The van der Waals surface area contributed by atoms with Gasteiger partial charge in [-0.15, -0.1) is 0 Å². The monoisotopic (exact) mass is 591 g/mol. The summed E-state index contributed by atoms with van der Waals surface area (Å²) in [7, 11) is 3.23. The van der Waals surface area contributed by atoms with Crippen molar-refractivity contribution in [3.05, 3.63) is 39.8 Å². The van der Waals surface area contributed by atoms with Crippen molar-refractivity contribution in [2.24, 2.45) is 5.73 Å². The van der Waals surface area contributed by atoms with Gasteiger partial charge in [0.15, 0.2) is 5.69 Å². The Bertz CT molecular complexity index is 1690. The number of hydrogen-bond acceptors (Lipinski definition) is 7. The molecular formula is C30H34ClN7O4. The zero-order valence-electron chi connectivity index (χ0n) is 24.3. The van der Waals surface area contributed by atoms with Crippen LogP contribution in [0.3, 0.4) is 0 Å². The second kappa shape index (κ2) is 11.3. The van der Waals surface area contributed by atoms with Crippen LogP contribution in [0, 0.1) is 30.6 Å². The molecule has 2 amide bonds. The number of carbonyl (C=O) groups is 2. The van der Waals surface area contributed by atoms with Gasteiger partial charge in [-0.05, 0) is 64.0 Å². The van der Waals surface area contributed by atoms with Crippen LogP contribution in [0.1, 0.15) is 72.6 Å². The quantitative estimate of drug-likeness (QED) is 0.374. The first kappa shape index (κ1) is 29.5. The molecule has 2 atom stereocenters. The van der Waals surface area contributed by atoms with Crippen molar-refractivity contribution in [3.63, 3.8) is 0 Å². The molecule has 3 aromatic rings. The average molecular weight is 592 g/mol. The number of amides is 2. The standard InChI is InChI=1S/C30H34ClN7O4/c1-17-34-24-12-18(22(31)14-25(24)37(17)19-7-8-19)6-9-23-27(28(32)40)29(33-4)38(35-23)20-13-21(16-42-5)36(15-20)26(39)10-11-30(2,3)41/h12,14,19-21,33,41H,7-8,13,15-16H2,1-5H3,(H2,32,40)/t20-,21+/m0/s1. The summed E-state index contributed by atoms with van der Waals surface area (Å²) in [4.78, 5) is 31.9. The summed E-state index contributed by atoms with van der Waals surface area (Å²) in [6.45, 7) is 5.56. The predicted octanol–water partition coefficient (Wildman–Crippen LogP) is 2.63. The van der Waals surface area contributed by atoms with Crippen LogP contribution in [-0.4, -0.2) is 80.1 Å². The molecule has 0 unspecified atom stereocenters. The Morgan fingerprint density at radius 3 is 2.62 bits per heavy atom. The second-order valence-electron chi connectivity index (χ2n) is 11.2. The SMILES string of the molecule is CNc1c(C(N)=O)c(C#Cc2cc3nc(C)n(C4CC4)c3cc2Cl)nn1[C@H]1C[C@H](COC)N(C(=O)C#CC(C)(C)O)C1. The van der Waals surface area contributed by atoms with E-state index in [9.17, 15) is 14.7 Å². The van der Waals surface area contributed by atoms with E-state index in [1.165, 1.54) is 13.8 Å². The third-order valence-corrected chi connectivity index (χ3v) is 7.72. The number of hydrogen-bond donors (Lipinski definition) is 3. The van der Waals surface area contributed by atoms with Crippen LogP contribution >= 0.6 is 11.6 Å². The molecule has 42 heavy (non-hydrogen) atoms. The molecule has 1 saturated heterocycles. The third kappa shape index (κ3) is 5.82. The summed E-state index contributed by atoms with van der Waals surface area (Å²) in [5.74, 6) is 11.4. The van der Waals surface area contributed by atoms with Crippen molar-refractivity contribution < 1.29 is 19.4 Å². The maximum atomic E-state index is 13.0. The lowest BCUT2D eigenvalue weighted by atomic mass is 10.1.